The summed E-state index contributed by atoms with van der Waals surface area (Å²) in [7, 11) is 1.81. The number of nitrogens with zero attached hydrogens (tertiary/aromatic N) is 3. The summed E-state index contributed by atoms with van der Waals surface area (Å²) < 4.78 is 0. The SMILES string of the molecule is Cc1ccc(-c2nc(CC(=O)N(C)Cc3cccnc3)cs2)cc1. The molecule has 0 aliphatic carbocycles. The van der Waals surface area contributed by atoms with Gasteiger partial charge in [0, 0.05) is 36.9 Å². The van der Waals surface area contributed by atoms with E-state index in [-0.39, 0.29) is 5.91 Å². The molecule has 0 spiro atoms. The third kappa shape index (κ3) is 4.06. The standard InChI is InChI=1S/C19H19N3OS/c1-14-5-7-16(8-6-14)19-21-17(13-24-19)10-18(23)22(2)12-15-4-3-9-20-11-15/h3-9,11,13H,10,12H2,1-2H3. The van der Waals surface area contributed by atoms with E-state index in [1.54, 1.807) is 28.6 Å². The average Bonchev–Trinajstić information content (AvgIpc) is 3.05. The highest BCUT2D eigenvalue weighted by atomic mass is 32.1. The second-order valence-corrected chi connectivity index (χ2v) is 6.66. The van der Waals surface area contributed by atoms with Crippen LogP contribution in [-0.4, -0.2) is 27.8 Å². The molecule has 0 aliphatic rings. The summed E-state index contributed by atoms with van der Waals surface area (Å²) in [6.07, 6.45) is 3.83. The Morgan fingerprint density at radius 3 is 2.71 bits per heavy atom. The second kappa shape index (κ2) is 7.36. The molecular weight excluding hydrogens is 318 g/mol. The summed E-state index contributed by atoms with van der Waals surface area (Å²) in [6.45, 7) is 2.62. The summed E-state index contributed by atoms with van der Waals surface area (Å²) in [4.78, 5) is 22.8. The molecule has 0 atom stereocenters. The van der Waals surface area contributed by atoms with Crippen molar-refractivity contribution in [2.45, 2.75) is 19.9 Å². The molecule has 0 saturated heterocycles. The number of likely N-dealkylation sites (N-methyl/N-ethyl adjacent to an activating group) is 1. The normalized spacial score (nSPS) is 10.6. The van der Waals surface area contributed by atoms with Crippen LogP contribution in [0.3, 0.4) is 0 Å². The molecule has 1 amide bonds. The average molecular weight is 337 g/mol. The zero-order chi connectivity index (χ0) is 16.9. The Kier molecular flexibility index (Phi) is 5.01. The monoisotopic (exact) mass is 337 g/mol. The van der Waals surface area contributed by atoms with Gasteiger partial charge in [0.05, 0.1) is 12.1 Å². The van der Waals surface area contributed by atoms with Gasteiger partial charge in [-0.3, -0.25) is 9.78 Å². The van der Waals surface area contributed by atoms with E-state index in [0.29, 0.717) is 13.0 Å². The molecule has 4 nitrogen and oxygen atoms in total. The fourth-order valence-electron chi connectivity index (χ4n) is 2.36. The smallest absolute Gasteiger partial charge is 0.228 e. The van der Waals surface area contributed by atoms with E-state index in [1.807, 2.05) is 24.6 Å². The summed E-state index contributed by atoms with van der Waals surface area (Å²) in [5.74, 6) is 0.0552. The molecule has 0 aliphatic heterocycles. The number of hydrogen-bond acceptors (Lipinski definition) is 4. The molecule has 122 valence electrons. The highest BCUT2D eigenvalue weighted by Crippen LogP contribution is 2.24. The Bertz CT molecular complexity index is 812. The molecule has 0 saturated carbocycles. The van der Waals surface area contributed by atoms with Gasteiger partial charge in [0.1, 0.15) is 5.01 Å². The molecule has 2 aromatic heterocycles. The van der Waals surface area contributed by atoms with Gasteiger partial charge in [0.25, 0.3) is 0 Å². The van der Waals surface area contributed by atoms with Gasteiger partial charge in [-0.05, 0) is 18.6 Å². The van der Waals surface area contributed by atoms with Crippen LogP contribution in [0, 0.1) is 6.92 Å². The molecule has 0 radical (unpaired) electrons. The quantitative estimate of drug-likeness (QED) is 0.713. The highest BCUT2D eigenvalue weighted by Gasteiger charge is 2.13. The Labute approximate surface area is 145 Å². The van der Waals surface area contributed by atoms with Gasteiger partial charge < -0.3 is 4.90 Å². The first-order chi connectivity index (χ1) is 11.6. The number of aromatic nitrogens is 2. The molecule has 2 heterocycles. The van der Waals surface area contributed by atoms with Gasteiger partial charge in [-0.15, -0.1) is 11.3 Å². The van der Waals surface area contributed by atoms with Crippen molar-refractivity contribution in [3.63, 3.8) is 0 Å². The Hall–Kier alpha value is -2.53. The number of hydrogen-bond donors (Lipinski definition) is 0. The molecule has 3 aromatic rings. The van der Waals surface area contributed by atoms with E-state index in [9.17, 15) is 4.79 Å². The fourth-order valence-corrected chi connectivity index (χ4v) is 3.19. The zero-order valence-corrected chi connectivity index (χ0v) is 14.6. The molecular formula is C19H19N3OS. The van der Waals surface area contributed by atoms with Gasteiger partial charge in [0.15, 0.2) is 0 Å². The van der Waals surface area contributed by atoms with Crippen LogP contribution >= 0.6 is 11.3 Å². The van der Waals surface area contributed by atoms with Gasteiger partial charge in [-0.2, -0.15) is 0 Å². The minimum Gasteiger partial charge on any atom is -0.341 e. The number of amides is 1. The van der Waals surface area contributed by atoms with Crippen LogP contribution in [0.15, 0.2) is 54.2 Å². The molecule has 0 bridgehead atoms. The predicted octanol–water partition coefficient (Wildman–Crippen LogP) is 3.71. The zero-order valence-electron chi connectivity index (χ0n) is 13.8. The topological polar surface area (TPSA) is 46.1 Å². The van der Waals surface area contributed by atoms with Crippen LogP contribution in [-0.2, 0) is 17.8 Å². The Morgan fingerprint density at radius 1 is 1.21 bits per heavy atom. The molecule has 0 N–H and O–H groups in total. The largest absolute Gasteiger partial charge is 0.341 e. The first-order valence-corrected chi connectivity index (χ1v) is 8.64. The van der Waals surface area contributed by atoms with E-state index in [2.05, 4.69) is 41.2 Å². The lowest BCUT2D eigenvalue weighted by molar-refractivity contribution is -0.129. The molecule has 3 rings (SSSR count). The first kappa shape index (κ1) is 16.3. The first-order valence-electron chi connectivity index (χ1n) is 7.76. The number of thiazole rings is 1. The number of benzene rings is 1. The number of aryl methyl sites for hydroxylation is 1. The minimum absolute atomic E-state index is 0.0552. The van der Waals surface area contributed by atoms with Gasteiger partial charge in [-0.1, -0.05) is 35.9 Å². The number of carbonyl (C=O) groups is 1. The van der Waals surface area contributed by atoms with Crippen LogP contribution in [0.2, 0.25) is 0 Å². The molecule has 1 aromatic carbocycles. The van der Waals surface area contributed by atoms with Crippen molar-refractivity contribution in [1.29, 1.82) is 0 Å². The Morgan fingerprint density at radius 2 is 2.00 bits per heavy atom. The van der Waals surface area contributed by atoms with E-state index < -0.39 is 0 Å². The van der Waals surface area contributed by atoms with Gasteiger partial charge >= 0.3 is 0 Å². The lowest BCUT2D eigenvalue weighted by Crippen LogP contribution is -2.27. The third-order valence-corrected chi connectivity index (χ3v) is 4.69. The summed E-state index contributed by atoms with van der Waals surface area (Å²) in [5, 5.41) is 2.91. The molecule has 0 unspecified atom stereocenters. The van der Waals surface area contributed by atoms with Gasteiger partial charge in [-0.25, -0.2) is 4.98 Å². The maximum absolute atomic E-state index is 12.4. The molecule has 24 heavy (non-hydrogen) atoms. The van der Waals surface area contributed by atoms with E-state index in [0.717, 1.165) is 21.8 Å². The van der Waals surface area contributed by atoms with Crippen molar-refractivity contribution in [3.05, 3.63) is 71.0 Å². The van der Waals surface area contributed by atoms with Crippen LogP contribution in [0.25, 0.3) is 10.6 Å². The van der Waals surface area contributed by atoms with Crippen LogP contribution in [0.4, 0.5) is 0 Å². The second-order valence-electron chi connectivity index (χ2n) is 5.80. The van der Waals surface area contributed by atoms with Crippen molar-refractivity contribution in [2.75, 3.05) is 7.05 Å². The lowest BCUT2D eigenvalue weighted by Gasteiger charge is -2.16. The predicted molar refractivity (Wildman–Crippen MR) is 96.7 cm³/mol. The lowest BCUT2D eigenvalue weighted by atomic mass is 10.2. The highest BCUT2D eigenvalue weighted by molar-refractivity contribution is 7.13. The Balaban J connectivity index is 1.63. The number of rotatable bonds is 5. The van der Waals surface area contributed by atoms with E-state index >= 15 is 0 Å². The molecule has 5 heteroatoms. The van der Waals surface area contributed by atoms with Crippen LogP contribution in [0.1, 0.15) is 16.8 Å². The van der Waals surface area contributed by atoms with Crippen LogP contribution in [0.5, 0.6) is 0 Å². The van der Waals surface area contributed by atoms with E-state index in [1.165, 1.54) is 5.56 Å². The fraction of sp³-hybridized carbons (Fsp3) is 0.211. The van der Waals surface area contributed by atoms with Crippen molar-refractivity contribution in [2.24, 2.45) is 0 Å². The minimum atomic E-state index is 0.0552. The summed E-state index contributed by atoms with van der Waals surface area (Å²) >= 11 is 1.57. The maximum atomic E-state index is 12.4. The summed E-state index contributed by atoms with van der Waals surface area (Å²) in [5.41, 5.74) is 4.15. The maximum Gasteiger partial charge on any atom is 0.228 e. The van der Waals surface area contributed by atoms with E-state index in [4.69, 9.17) is 0 Å². The number of pyridine rings is 1. The van der Waals surface area contributed by atoms with Crippen LogP contribution < -0.4 is 0 Å². The van der Waals surface area contributed by atoms with Crippen molar-refractivity contribution in [3.8, 4) is 10.6 Å². The number of carbonyl (C=O) groups excluding carboxylic acids is 1. The van der Waals surface area contributed by atoms with Crippen molar-refractivity contribution < 1.29 is 4.79 Å². The van der Waals surface area contributed by atoms with Crippen molar-refractivity contribution in [1.82, 2.24) is 14.9 Å². The summed E-state index contributed by atoms with van der Waals surface area (Å²) in [6, 6.07) is 12.1. The van der Waals surface area contributed by atoms with Gasteiger partial charge in [0.2, 0.25) is 5.91 Å². The molecule has 0 fully saturated rings. The third-order valence-electron chi connectivity index (χ3n) is 3.75. The van der Waals surface area contributed by atoms with Crippen molar-refractivity contribution >= 4 is 17.2 Å².